The van der Waals surface area contributed by atoms with Gasteiger partial charge in [0.05, 0.1) is 18.3 Å². The van der Waals surface area contributed by atoms with Gasteiger partial charge >= 0.3 is 5.97 Å². The van der Waals surface area contributed by atoms with E-state index in [4.69, 9.17) is 4.74 Å². The molecule has 0 bridgehead atoms. The van der Waals surface area contributed by atoms with Gasteiger partial charge in [-0.1, -0.05) is 46.8 Å². The molecule has 36 heavy (non-hydrogen) atoms. The molecule has 0 amide bonds. The van der Waals surface area contributed by atoms with Crippen LogP contribution >= 0.6 is 0 Å². The fraction of sp³-hybridized carbons (Fsp3) is 0.900. The van der Waals surface area contributed by atoms with Crippen LogP contribution in [0.15, 0.2) is 12.2 Å². The molecule has 12 atom stereocenters. The summed E-state index contributed by atoms with van der Waals surface area (Å²) in [6, 6.07) is 0. The van der Waals surface area contributed by atoms with Gasteiger partial charge in [-0.25, -0.2) is 0 Å². The van der Waals surface area contributed by atoms with E-state index in [2.05, 4.69) is 34.3 Å². The van der Waals surface area contributed by atoms with E-state index in [1.54, 1.807) is 0 Å². The number of aliphatic hydroxyl groups is 4. The zero-order valence-corrected chi connectivity index (χ0v) is 23.2. The Morgan fingerprint density at radius 3 is 2.33 bits per heavy atom. The zero-order valence-electron chi connectivity index (χ0n) is 23.2. The van der Waals surface area contributed by atoms with Gasteiger partial charge in [-0.15, -0.1) is 0 Å². The van der Waals surface area contributed by atoms with E-state index in [1.165, 1.54) is 12.5 Å². The van der Waals surface area contributed by atoms with Crippen LogP contribution in [-0.4, -0.2) is 56.4 Å². The Hall–Kier alpha value is -0.950. The third-order valence-electron chi connectivity index (χ3n) is 11.7. The molecule has 0 unspecified atom stereocenters. The fourth-order valence-corrected chi connectivity index (χ4v) is 9.61. The minimum absolute atomic E-state index is 0.0269. The van der Waals surface area contributed by atoms with Gasteiger partial charge in [-0.05, 0) is 80.0 Å². The quantitative estimate of drug-likeness (QED) is 0.317. The van der Waals surface area contributed by atoms with Gasteiger partial charge in [0.25, 0.3) is 0 Å². The number of fused-ring (bicyclic) bond motifs is 5. The van der Waals surface area contributed by atoms with Crippen molar-refractivity contribution in [2.45, 2.75) is 123 Å². The number of aliphatic hydroxyl groups excluding tert-OH is 3. The number of esters is 1. The van der Waals surface area contributed by atoms with Crippen molar-refractivity contribution in [1.29, 1.82) is 0 Å². The number of hydrogen-bond acceptors (Lipinski definition) is 6. The lowest BCUT2D eigenvalue weighted by molar-refractivity contribution is -0.311. The van der Waals surface area contributed by atoms with Crippen LogP contribution in [0.1, 0.15) is 92.9 Å². The van der Waals surface area contributed by atoms with Crippen molar-refractivity contribution < 1.29 is 30.0 Å². The molecule has 4 N–H and O–H groups in total. The molecular weight excluding hydrogens is 456 g/mol. The van der Waals surface area contributed by atoms with Crippen molar-refractivity contribution >= 4 is 5.97 Å². The highest BCUT2D eigenvalue weighted by Crippen LogP contribution is 2.69. The predicted octanol–water partition coefficient (Wildman–Crippen LogP) is 4.23. The molecule has 0 aromatic heterocycles. The molecule has 0 aliphatic heterocycles. The summed E-state index contributed by atoms with van der Waals surface area (Å²) >= 11 is 0. The maximum Gasteiger partial charge on any atom is 0.302 e. The van der Waals surface area contributed by atoms with Crippen LogP contribution in [0, 0.1) is 46.3 Å². The van der Waals surface area contributed by atoms with Crippen LogP contribution in [0.3, 0.4) is 0 Å². The fourth-order valence-electron chi connectivity index (χ4n) is 9.61. The van der Waals surface area contributed by atoms with E-state index < -0.39 is 35.4 Å². The Balaban J connectivity index is 1.69. The van der Waals surface area contributed by atoms with E-state index >= 15 is 0 Å². The van der Waals surface area contributed by atoms with Crippen LogP contribution in [0.2, 0.25) is 0 Å². The molecule has 0 aromatic carbocycles. The first-order chi connectivity index (χ1) is 16.7. The van der Waals surface area contributed by atoms with Crippen molar-refractivity contribution in [3.8, 4) is 0 Å². The summed E-state index contributed by atoms with van der Waals surface area (Å²) in [5.41, 5.74) is -1.46. The molecule has 0 heterocycles. The van der Waals surface area contributed by atoms with Gasteiger partial charge in [-0.3, -0.25) is 4.79 Å². The van der Waals surface area contributed by atoms with Crippen molar-refractivity contribution in [1.82, 2.24) is 0 Å². The van der Waals surface area contributed by atoms with Gasteiger partial charge in [0.15, 0.2) is 0 Å². The summed E-state index contributed by atoms with van der Waals surface area (Å²) in [4.78, 5) is 12.3. The van der Waals surface area contributed by atoms with Crippen molar-refractivity contribution in [3.63, 3.8) is 0 Å². The Morgan fingerprint density at radius 1 is 1.06 bits per heavy atom. The Morgan fingerprint density at radius 2 is 1.72 bits per heavy atom. The standard InChI is InChI=1S/C30H50O6/c1-16(2)17(3)8-9-18(4)22-10-11-23-21-13-26(34)30(35)14-20(32)12-25(33)29(30,7)27(21)24(36-19(5)31)15-28(22,23)6/h16,18,20-27,32-35H,3,8-15H2,1-2,4-7H3/t18-,20+,21+,22-,23+,24-,25+,26-,27+,28-,29-,30+/m1/s1. The second-order valence-electron chi connectivity index (χ2n) is 13.7. The molecule has 0 saturated heterocycles. The van der Waals surface area contributed by atoms with Crippen LogP contribution < -0.4 is 0 Å². The summed E-state index contributed by atoms with van der Waals surface area (Å²) in [7, 11) is 0. The number of carbonyl (C=O) groups is 1. The summed E-state index contributed by atoms with van der Waals surface area (Å²) in [6.07, 6.45) is 2.20. The van der Waals surface area contributed by atoms with Crippen LogP contribution in [0.4, 0.5) is 0 Å². The molecule has 6 nitrogen and oxygen atoms in total. The highest BCUT2D eigenvalue weighted by Gasteiger charge is 2.72. The zero-order chi connectivity index (χ0) is 26.8. The lowest BCUT2D eigenvalue weighted by Gasteiger charge is -2.67. The summed E-state index contributed by atoms with van der Waals surface area (Å²) in [5, 5.41) is 45.0. The minimum Gasteiger partial charge on any atom is -0.462 e. The van der Waals surface area contributed by atoms with Gasteiger partial charge in [-0.2, -0.15) is 0 Å². The van der Waals surface area contributed by atoms with Crippen molar-refractivity contribution in [3.05, 3.63) is 12.2 Å². The molecule has 4 rings (SSSR count). The van der Waals surface area contributed by atoms with Gasteiger partial charge < -0.3 is 25.2 Å². The van der Waals surface area contributed by atoms with Crippen molar-refractivity contribution in [2.75, 3.05) is 0 Å². The first-order valence-electron chi connectivity index (χ1n) is 14.3. The number of rotatable bonds is 6. The molecule has 4 saturated carbocycles. The number of ether oxygens (including phenoxy) is 1. The first kappa shape index (κ1) is 28.1. The third kappa shape index (κ3) is 4.19. The lowest BCUT2D eigenvalue weighted by atomic mass is 9.41. The smallest absolute Gasteiger partial charge is 0.302 e. The van der Waals surface area contributed by atoms with E-state index in [1.807, 2.05) is 6.92 Å². The molecule has 0 aromatic rings. The molecule has 6 heteroatoms. The average Bonchev–Trinajstić information content (AvgIpc) is 3.11. The maximum atomic E-state index is 12.3. The maximum absolute atomic E-state index is 12.3. The Bertz CT molecular complexity index is 856. The van der Waals surface area contributed by atoms with E-state index in [-0.39, 0.29) is 36.1 Å². The topological polar surface area (TPSA) is 107 Å². The molecule has 0 radical (unpaired) electrons. The summed E-state index contributed by atoms with van der Waals surface area (Å²) in [5.74, 6) is 1.19. The van der Waals surface area contributed by atoms with Crippen LogP contribution in [-0.2, 0) is 9.53 Å². The molecule has 206 valence electrons. The van der Waals surface area contributed by atoms with E-state index in [0.717, 1.165) is 25.7 Å². The normalized spacial score (nSPS) is 49.1. The highest BCUT2D eigenvalue weighted by atomic mass is 16.5. The Labute approximate surface area is 217 Å². The third-order valence-corrected chi connectivity index (χ3v) is 11.7. The van der Waals surface area contributed by atoms with E-state index in [0.29, 0.717) is 36.5 Å². The summed E-state index contributed by atoms with van der Waals surface area (Å²) < 4.78 is 6.04. The predicted molar refractivity (Wildman–Crippen MR) is 139 cm³/mol. The molecule has 0 spiro atoms. The van der Waals surface area contributed by atoms with Crippen molar-refractivity contribution in [2.24, 2.45) is 46.3 Å². The molecule has 4 fully saturated rings. The Kier molecular flexibility index (Phi) is 7.53. The number of hydrogen-bond donors (Lipinski definition) is 4. The first-order valence-corrected chi connectivity index (χ1v) is 14.3. The second-order valence-corrected chi connectivity index (χ2v) is 13.7. The van der Waals surface area contributed by atoms with Gasteiger partial charge in [0.2, 0.25) is 0 Å². The second kappa shape index (κ2) is 9.66. The summed E-state index contributed by atoms with van der Waals surface area (Å²) in [6.45, 7) is 16.7. The van der Waals surface area contributed by atoms with E-state index in [9.17, 15) is 25.2 Å². The number of carbonyl (C=O) groups excluding carboxylic acids is 1. The van der Waals surface area contributed by atoms with Crippen LogP contribution in [0.5, 0.6) is 0 Å². The van der Waals surface area contributed by atoms with Gasteiger partial charge in [0, 0.05) is 24.7 Å². The minimum atomic E-state index is -1.63. The molecule has 4 aliphatic carbocycles. The number of allylic oxidation sites excluding steroid dienone is 1. The van der Waals surface area contributed by atoms with Crippen LogP contribution in [0.25, 0.3) is 0 Å². The SMILES string of the molecule is C=C(CC[C@@H](C)[C@H]1CC[C@H]2[C@@H]3C[C@@H](O)[C@@]4(O)C[C@@H](O)C[C@H](O)[C@]4(C)[C@@H]3[C@H](OC(C)=O)C[C@]12C)C(C)C. The monoisotopic (exact) mass is 506 g/mol. The molecule has 4 aliphatic rings. The lowest BCUT2D eigenvalue weighted by Crippen LogP contribution is -2.75. The molecular formula is C30H50O6. The van der Waals surface area contributed by atoms with Gasteiger partial charge in [0.1, 0.15) is 11.7 Å². The average molecular weight is 507 g/mol. The highest BCUT2D eigenvalue weighted by molar-refractivity contribution is 5.66. The largest absolute Gasteiger partial charge is 0.462 e.